The molecule has 0 saturated heterocycles. The fourth-order valence-corrected chi connectivity index (χ4v) is 2.43. The molecule has 0 fully saturated rings. The number of benzene rings is 1. The molecular weight excluding hydrogens is 340 g/mol. The van der Waals surface area contributed by atoms with Crippen molar-refractivity contribution in [3.05, 3.63) is 28.2 Å². The number of carbonyl (C=O) groups is 1. The number of halogens is 1. The van der Waals surface area contributed by atoms with Gasteiger partial charge < -0.3 is 15.4 Å². The van der Waals surface area contributed by atoms with E-state index in [4.69, 9.17) is 17.0 Å². The van der Waals surface area contributed by atoms with Crippen LogP contribution < -0.4 is 15.4 Å². The minimum atomic E-state index is -0.292. The summed E-state index contributed by atoms with van der Waals surface area (Å²) in [7, 11) is 0. The van der Waals surface area contributed by atoms with Gasteiger partial charge in [0, 0.05) is 5.54 Å². The monoisotopic (exact) mass is 358 g/mol. The first kappa shape index (κ1) is 16.9. The van der Waals surface area contributed by atoms with Gasteiger partial charge in [0.05, 0.1) is 4.47 Å². The van der Waals surface area contributed by atoms with E-state index in [9.17, 15) is 4.79 Å². The molecule has 0 aliphatic heterocycles. The lowest BCUT2D eigenvalue weighted by molar-refractivity contribution is -0.121. The summed E-state index contributed by atoms with van der Waals surface area (Å²) in [5, 5.41) is 5.88. The van der Waals surface area contributed by atoms with Crippen molar-refractivity contribution in [3.8, 4) is 5.75 Å². The van der Waals surface area contributed by atoms with Crippen LogP contribution in [0.4, 0.5) is 0 Å². The van der Waals surface area contributed by atoms with Crippen LogP contribution in [0.2, 0.25) is 0 Å². The second-order valence-electron chi connectivity index (χ2n) is 5.47. The van der Waals surface area contributed by atoms with Crippen molar-refractivity contribution >= 4 is 39.2 Å². The minimum Gasteiger partial charge on any atom is -0.483 e. The molecule has 4 nitrogen and oxygen atoms in total. The van der Waals surface area contributed by atoms with Crippen LogP contribution in [0.1, 0.15) is 26.3 Å². The number of amides is 1. The topological polar surface area (TPSA) is 50.4 Å². The van der Waals surface area contributed by atoms with Crippen LogP contribution in [0.15, 0.2) is 22.7 Å². The first-order valence-corrected chi connectivity index (χ1v) is 7.38. The van der Waals surface area contributed by atoms with Gasteiger partial charge in [-0.15, -0.1) is 0 Å². The molecule has 6 heteroatoms. The Bertz CT molecular complexity index is 512. The average Bonchev–Trinajstić information content (AvgIpc) is 2.24. The standard InChI is InChI=1S/C14H19BrN2O2S/c1-9-5-6-11(10(15)7-9)19-8-12(18)16-13(20)17-14(2,3)4/h5-7H,8H2,1-4H3,(H2,16,17,18,20). The lowest BCUT2D eigenvalue weighted by Crippen LogP contribution is -2.49. The van der Waals surface area contributed by atoms with Crippen molar-refractivity contribution < 1.29 is 9.53 Å². The van der Waals surface area contributed by atoms with Gasteiger partial charge in [-0.25, -0.2) is 0 Å². The summed E-state index contributed by atoms with van der Waals surface area (Å²) in [5.74, 6) is 0.333. The minimum absolute atomic E-state index is 0.0897. The van der Waals surface area contributed by atoms with Crippen molar-refractivity contribution in [1.82, 2.24) is 10.6 Å². The van der Waals surface area contributed by atoms with Crippen LogP contribution in [-0.4, -0.2) is 23.2 Å². The average molecular weight is 359 g/mol. The Labute approximate surface area is 133 Å². The van der Waals surface area contributed by atoms with E-state index in [0.29, 0.717) is 10.9 Å². The summed E-state index contributed by atoms with van der Waals surface area (Å²) >= 11 is 8.44. The largest absolute Gasteiger partial charge is 0.483 e. The van der Waals surface area contributed by atoms with E-state index in [1.165, 1.54) is 0 Å². The molecule has 0 spiro atoms. The van der Waals surface area contributed by atoms with Crippen molar-refractivity contribution in [2.24, 2.45) is 0 Å². The Morgan fingerprint density at radius 2 is 2.05 bits per heavy atom. The molecule has 0 aliphatic rings. The maximum absolute atomic E-state index is 11.7. The number of ether oxygens (including phenoxy) is 1. The molecule has 0 radical (unpaired) electrons. The van der Waals surface area contributed by atoms with Gasteiger partial charge in [0.25, 0.3) is 5.91 Å². The molecule has 2 N–H and O–H groups in total. The molecule has 0 bridgehead atoms. The molecule has 0 saturated carbocycles. The Morgan fingerprint density at radius 3 is 2.60 bits per heavy atom. The summed E-state index contributed by atoms with van der Waals surface area (Å²) in [6.45, 7) is 7.79. The molecule has 0 unspecified atom stereocenters. The Kier molecular flexibility index (Phi) is 5.95. The van der Waals surface area contributed by atoms with E-state index < -0.39 is 0 Å². The zero-order valence-electron chi connectivity index (χ0n) is 12.0. The Balaban J connectivity index is 2.46. The van der Waals surface area contributed by atoms with Crippen LogP contribution in [-0.2, 0) is 4.79 Å². The number of rotatable bonds is 3. The number of aryl methyl sites for hydroxylation is 1. The van der Waals surface area contributed by atoms with Crippen LogP contribution in [0.25, 0.3) is 0 Å². The second kappa shape index (κ2) is 7.04. The lowest BCUT2D eigenvalue weighted by atomic mass is 10.1. The first-order chi connectivity index (χ1) is 9.17. The summed E-state index contributed by atoms with van der Waals surface area (Å²) in [5.41, 5.74) is 0.926. The fraction of sp³-hybridized carbons (Fsp3) is 0.429. The van der Waals surface area contributed by atoms with E-state index in [1.54, 1.807) is 0 Å². The summed E-state index contributed by atoms with van der Waals surface area (Å²) in [6.07, 6.45) is 0. The molecule has 0 atom stereocenters. The predicted molar refractivity (Wildman–Crippen MR) is 88.0 cm³/mol. The van der Waals surface area contributed by atoms with Gasteiger partial charge in [-0.2, -0.15) is 0 Å². The molecule has 1 aromatic carbocycles. The van der Waals surface area contributed by atoms with Crippen molar-refractivity contribution in [3.63, 3.8) is 0 Å². The summed E-state index contributed by atoms with van der Waals surface area (Å²) < 4.78 is 6.26. The van der Waals surface area contributed by atoms with E-state index in [1.807, 2.05) is 45.9 Å². The molecular formula is C14H19BrN2O2S. The quantitative estimate of drug-likeness (QED) is 0.815. The Morgan fingerprint density at radius 1 is 1.40 bits per heavy atom. The molecule has 110 valence electrons. The molecule has 1 rings (SSSR count). The number of carbonyl (C=O) groups excluding carboxylic acids is 1. The van der Waals surface area contributed by atoms with Gasteiger partial charge in [0.2, 0.25) is 0 Å². The molecule has 1 aromatic rings. The summed E-state index contributed by atoms with van der Waals surface area (Å²) in [6, 6.07) is 5.67. The summed E-state index contributed by atoms with van der Waals surface area (Å²) in [4.78, 5) is 11.7. The number of hydrogen-bond donors (Lipinski definition) is 2. The van der Waals surface area contributed by atoms with Gasteiger partial charge in [-0.05, 0) is 73.5 Å². The van der Waals surface area contributed by atoms with Crippen LogP contribution >= 0.6 is 28.1 Å². The van der Waals surface area contributed by atoms with Crippen molar-refractivity contribution in [1.29, 1.82) is 0 Å². The van der Waals surface area contributed by atoms with Crippen LogP contribution in [0.3, 0.4) is 0 Å². The number of thiocarbonyl (C=S) groups is 1. The molecule has 0 aromatic heterocycles. The molecule has 1 amide bonds. The van der Waals surface area contributed by atoms with E-state index in [-0.39, 0.29) is 18.1 Å². The van der Waals surface area contributed by atoms with Crippen molar-refractivity contribution in [2.45, 2.75) is 33.2 Å². The van der Waals surface area contributed by atoms with Crippen molar-refractivity contribution in [2.75, 3.05) is 6.61 Å². The SMILES string of the molecule is Cc1ccc(OCC(=O)NC(=S)NC(C)(C)C)c(Br)c1. The van der Waals surface area contributed by atoms with Gasteiger partial charge in [-0.1, -0.05) is 6.07 Å². The third-order valence-electron chi connectivity index (χ3n) is 2.19. The van der Waals surface area contributed by atoms with E-state index >= 15 is 0 Å². The predicted octanol–water partition coefficient (Wildman–Crippen LogP) is 2.93. The van der Waals surface area contributed by atoms with Gasteiger partial charge in [0.15, 0.2) is 11.7 Å². The third-order valence-corrected chi connectivity index (χ3v) is 3.01. The van der Waals surface area contributed by atoms with Crippen LogP contribution in [0.5, 0.6) is 5.75 Å². The maximum Gasteiger partial charge on any atom is 0.264 e. The van der Waals surface area contributed by atoms with E-state index in [0.717, 1.165) is 10.0 Å². The van der Waals surface area contributed by atoms with Gasteiger partial charge >= 0.3 is 0 Å². The molecule has 0 heterocycles. The number of nitrogens with one attached hydrogen (secondary N) is 2. The van der Waals surface area contributed by atoms with Gasteiger partial charge in [-0.3, -0.25) is 4.79 Å². The first-order valence-electron chi connectivity index (χ1n) is 6.18. The second-order valence-corrected chi connectivity index (χ2v) is 6.74. The third kappa shape index (κ3) is 6.34. The zero-order chi connectivity index (χ0) is 15.3. The Hall–Kier alpha value is -1.14. The highest BCUT2D eigenvalue weighted by molar-refractivity contribution is 9.10. The van der Waals surface area contributed by atoms with E-state index in [2.05, 4.69) is 26.6 Å². The normalized spacial score (nSPS) is 10.8. The van der Waals surface area contributed by atoms with Crippen LogP contribution in [0, 0.1) is 6.92 Å². The highest BCUT2D eigenvalue weighted by Crippen LogP contribution is 2.25. The maximum atomic E-state index is 11.7. The van der Waals surface area contributed by atoms with Gasteiger partial charge in [0.1, 0.15) is 5.75 Å². The smallest absolute Gasteiger partial charge is 0.264 e. The number of hydrogen-bond acceptors (Lipinski definition) is 3. The molecule has 0 aliphatic carbocycles. The lowest BCUT2D eigenvalue weighted by Gasteiger charge is -2.22. The molecule has 20 heavy (non-hydrogen) atoms. The highest BCUT2D eigenvalue weighted by Gasteiger charge is 2.13. The fourth-order valence-electron chi connectivity index (χ4n) is 1.40. The highest BCUT2D eigenvalue weighted by atomic mass is 79.9. The zero-order valence-corrected chi connectivity index (χ0v) is 14.4.